The van der Waals surface area contributed by atoms with Crippen LogP contribution >= 0.6 is 23.2 Å². The molecule has 0 amide bonds. The molecule has 1 aliphatic rings. The summed E-state index contributed by atoms with van der Waals surface area (Å²) >= 11 is 11.7. The molecule has 2 rings (SSSR count). The molecule has 0 saturated carbocycles. The number of carbonyl (C=O) groups excluding carboxylic acids is 1. The molecule has 0 saturated heterocycles. The van der Waals surface area contributed by atoms with Crippen LogP contribution in [0.2, 0.25) is 5.02 Å². The maximum absolute atomic E-state index is 13.8. The summed E-state index contributed by atoms with van der Waals surface area (Å²) in [6.07, 6.45) is 0.107. The third kappa shape index (κ3) is 2.46. The summed E-state index contributed by atoms with van der Waals surface area (Å²) in [6, 6.07) is 2.15. The number of anilines is 1. The van der Waals surface area contributed by atoms with Crippen molar-refractivity contribution in [2.45, 2.75) is 26.3 Å². The summed E-state index contributed by atoms with van der Waals surface area (Å²) in [4.78, 5) is 26.1. The Bertz CT molecular complexity index is 637. The summed E-state index contributed by atoms with van der Waals surface area (Å²) in [7, 11) is 0. The highest BCUT2D eigenvalue weighted by Gasteiger charge is 2.51. The van der Waals surface area contributed by atoms with Crippen molar-refractivity contribution >= 4 is 40.6 Å². The molecule has 7 heteroatoms. The van der Waals surface area contributed by atoms with Gasteiger partial charge < -0.3 is 10.0 Å². The van der Waals surface area contributed by atoms with Crippen molar-refractivity contribution in [2.75, 3.05) is 17.3 Å². The van der Waals surface area contributed by atoms with E-state index >= 15 is 0 Å². The van der Waals surface area contributed by atoms with Crippen LogP contribution in [0.25, 0.3) is 0 Å². The number of benzene rings is 1. The second kappa shape index (κ2) is 6.05. The minimum absolute atomic E-state index is 0.0134. The average Bonchev–Trinajstić information content (AvgIpc) is 2.49. The lowest BCUT2D eigenvalue weighted by atomic mass is 9.74. The molecule has 1 aromatic rings. The van der Waals surface area contributed by atoms with Crippen LogP contribution in [0.3, 0.4) is 0 Å². The number of aliphatic carboxylic acids is 1. The molecular formula is C15H16Cl2FNO3. The molecule has 0 aliphatic carbocycles. The molecule has 0 bridgehead atoms. The third-order valence-corrected chi connectivity index (χ3v) is 4.97. The van der Waals surface area contributed by atoms with Crippen LogP contribution in [0.4, 0.5) is 10.1 Å². The van der Waals surface area contributed by atoms with Crippen molar-refractivity contribution in [1.82, 2.24) is 0 Å². The van der Waals surface area contributed by atoms with Crippen molar-refractivity contribution in [1.29, 1.82) is 0 Å². The maximum atomic E-state index is 13.8. The molecule has 2 atom stereocenters. The van der Waals surface area contributed by atoms with Crippen LogP contribution in [0, 0.1) is 11.2 Å². The zero-order chi connectivity index (χ0) is 16.7. The Labute approximate surface area is 137 Å². The average molecular weight is 348 g/mol. The van der Waals surface area contributed by atoms with Gasteiger partial charge in [-0.25, -0.2) is 4.39 Å². The van der Waals surface area contributed by atoms with Crippen LogP contribution in [-0.4, -0.2) is 35.3 Å². The standard InChI is InChI=1S/C15H16Cl2FNO3/c1-3-15(14(21)22)7-19(8(2)6-16)12-5-10(17)11(18)4-9(12)13(15)20/h4-5,8H,3,6-7H2,1-2H3,(H,21,22). The fourth-order valence-corrected chi connectivity index (χ4v) is 3.05. The highest BCUT2D eigenvalue weighted by molar-refractivity contribution is 6.31. The van der Waals surface area contributed by atoms with Crippen molar-refractivity contribution in [2.24, 2.45) is 5.41 Å². The third-order valence-electron chi connectivity index (χ3n) is 4.24. The van der Waals surface area contributed by atoms with Gasteiger partial charge in [0.05, 0.1) is 5.02 Å². The predicted octanol–water partition coefficient (Wildman–Crippen LogP) is 3.59. The quantitative estimate of drug-likeness (QED) is 0.667. The molecule has 0 spiro atoms. The molecule has 0 fully saturated rings. The van der Waals surface area contributed by atoms with Gasteiger partial charge in [0.25, 0.3) is 0 Å². The number of rotatable bonds is 4. The van der Waals surface area contributed by atoms with Crippen molar-refractivity contribution < 1.29 is 19.1 Å². The Hall–Kier alpha value is -1.33. The fourth-order valence-electron chi connectivity index (χ4n) is 2.73. The van der Waals surface area contributed by atoms with E-state index in [-0.39, 0.29) is 35.5 Å². The van der Waals surface area contributed by atoms with E-state index in [2.05, 4.69) is 0 Å². The number of Topliss-reactive ketones (excluding diaryl/α,β-unsaturated/α-hetero) is 1. The summed E-state index contributed by atoms with van der Waals surface area (Å²) in [5.74, 6) is -2.31. The Morgan fingerprint density at radius 3 is 2.68 bits per heavy atom. The van der Waals surface area contributed by atoms with Gasteiger partial charge >= 0.3 is 5.97 Å². The highest BCUT2D eigenvalue weighted by atomic mass is 35.5. The van der Waals surface area contributed by atoms with Crippen LogP contribution in [0.15, 0.2) is 12.1 Å². The largest absolute Gasteiger partial charge is 0.480 e. The van der Waals surface area contributed by atoms with Gasteiger partial charge in [0, 0.05) is 29.7 Å². The maximum Gasteiger partial charge on any atom is 0.319 e. The second-order valence-corrected chi connectivity index (χ2v) is 6.20. The number of nitrogens with zero attached hydrogens (tertiary/aromatic N) is 1. The van der Waals surface area contributed by atoms with Gasteiger partial charge in [-0.2, -0.15) is 0 Å². The number of ketones is 1. The lowest BCUT2D eigenvalue weighted by molar-refractivity contribution is -0.145. The van der Waals surface area contributed by atoms with Crippen LogP contribution in [0.1, 0.15) is 30.6 Å². The van der Waals surface area contributed by atoms with Crippen molar-refractivity contribution in [3.8, 4) is 0 Å². The first-order chi connectivity index (χ1) is 10.3. The zero-order valence-corrected chi connectivity index (χ0v) is 13.7. The summed E-state index contributed by atoms with van der Waals surface area (Å²) in [5.41, 5.74) is -1.14. The molecule has 4 nitrogen and oxygen atoms in total. The summed E-state index contributed by atoms with van der Waals surface area (Å²) in [6.45, 7) is 3.43. The number of carboxylic acids is 1. The molecule has 22 heavy (non-hydrogen) atoms. The predicted molar refractivity (Wildman–Crippen MR) is 83.6 cm³/mol. The number of hydrogen-bond donors (Lipinski definition) is 1. The molecule has 1 N–H and O–H groups in total. The van der Waals surface area contributed by atoms with Crippen LogP contribution < -0.4 is 4.90 Å². The molecule has 2 unspecified atom stereocenters. The van der Waals surface area contributed by atoms with E-state index in [0.29, 0.717) is 5.69 Å². The van der Waals surface area contributed by atoms with E-state index in [1.165, 1.54) is 6.07 Å². The lowest BCUT2D eigenvalue weighted by Gasteiger charge is -2.43. The number of halogens is 3. The van der Waals surface area contributed by atoms with E-state index in [0.717, 1.165) is 6.07 Å². The smallest absolute Gasteiger partial charge is 0.319 e. The monoisotopic (exact) mass is 347 g/mol. The summed E-state index contributed by atoms with van der Waals surface area (Å²) < 4.78 is 13.8. The van der Waals surface area contributed by atoms with Gasteiger partial charge in [-0.3, -0.25) is 9.59 Å². The molecule has 1 heterocycles. The minimum atomic E-state index is -1.60. The first-order valence-corrected chi connectivity index (χ1v) is 7.79. The number of fused-ring (bicyclic) bond motifs is 1. The highest BCUT2D eigenvalue weighted by Crippen LogP contribution is 2.42. The lowest BCUT2D eigenvalue weighted by Crippen LogP contribution is -2.55. The Morgan fingerprint density at radius 2 is 2.18 bits per heavy atom. The molecular weight excluding hydrogens is 332 g/mol. The topological polar surface area (TPSA) is 57.6 Å². The fraction of sp³-hybridized carbons (Fsp3) is 0.467. The van der Waals surface area contributed by atoms with Gasteiger partial charge in [-0.1, -0.05) is 18.5 Å². The number of hydrogen-bond acceptors (Lipinski definition) is 3. The van der Waals surface area contributed by atoms with Crippen LogP contribution in [0.5, 0.6) is 0 Å². The Kier molecular flexibility index (Phi) is 4.68. The van der Waals surface area contributed by atoms with Gasteiger partial charge in [0.1, 0.15) is 11.2 Å². The van der Waals surface area contributed by atoms with E-state index < -0.39 is 23.0 Å². The molecule has 0 aromatic heterocycles. The van der Waals surface area contributed by atoms with Gasteiger partial charge in [-0.05, 0) is 25.5 Å². The summed E-state index contributed by atoms with van der Waals surface area (Å²) in [5, 5.41) is 9.47. The van der Waals surface area contributed by atoms with E-state index in [9.17, 15) is 19.1 Å². The van der Waals surface area contributed by atoms with Gasteiger partial charge in [0.2, 0.25) is 0 Å². The van der Waals surface area contributed by atoms with Crippen LogP contribution in [-0.2, 0) is 4.79 Å². The number of carboxylic acid groups (broad SMARTS) is 1. The molecule has 1 aliphatic heterocycles. The van der Waals surface area contributed by atoms with E-state index in [1.807, 2.05) is 6.92 Å². The number of alkyl halides is 1. The molecule has 120 valence electrons. The van der Waals surface area contributed by atoms with E-state index in [1.54, 1.807) is 11.8 Å². The van der Waals surface area contributed by atoms with Gasteiger partial charge in [-0.15, -0.1) is 11.6 Å². The van der Waals surface area contributed by atoms with Gasteiger partial charge in [0.15, 0.2) is 5.78 Å². The Balaban J connectivity index is 2.70. The normalized spacial score (nSPS) is 22.4. The molecule has 0 radical (unpaired) electrons. The minimum Gasteiger partial charge on any atom is -0.480 e. The SMILES string of the molecule is CCC1(C(=O)O)CN(C(C)CCl)c2cc(Cl)c(F)cc2C1=O. The van der Waals surface area contributed by atoms with Crippen molar-refractivity contribution in [3.05, 3.63) is 28.5 Å². The zero-order valence-electron chi connectivity index (χ0n) is 12.2. The molecule has 1 aromatic carbocycles. The first-order valence-electron chi connectivity index (χ1n) is 6.88. The van der Waals surface area contributed by atoms with E-state index in [4.69, 9.17) is 23.2 Å². The Morgan fingerprint density at radius 1 is 1.55 bits per heavy atom. The van der Waals surface area contributed by atoms with Crippen molar-refractivity contribution in [3.63, 3.8) is 0 Å². The number of carbonyl (C=O) groups is 2. The first kappa shape index (κ1) is 17.0. The second-order valence-electron chi connectivity index (χ2n) is 5.48.